The van der Waals surface area contributed by atoms with Crippen molar-refractivity contribution < 1.29 is 0 Å². The van der Waals surface area contributed by atoms with Crippen LogP contribution in [0.2, 0.25) is 18.1 Å². The summed E-state index contributed by atoms with van der Waals surface area (Å²) < 4.78 is 0. The van der Waals surface area contributed by atoms with E-state index in [9.17, 15) is 0 Å². The monoisotopic (exact) mass is 319 g/mol. The minimum atomic E-state index is -1.54. The number of benzene rings is 2. The molecule has 0 unspecified atom stereocenters. The van der Waals surface area contributed by atoms with E-state index in [4.69, 9.17) is 0 Å². The smallest absolute Gasteiger partial charge is 0.0700 e. The Bertz CT molecular complexity index is 717. The van der Waals surface area contributed by atoms with Crippen LogP contribution >= 0.6 is 0 Å². The molecule has 0 aromatic heterocycles. The van der Waals surface area contributed by atoms with Crippen molar-refractivity contribution in [1.82, 2.24) is 0 Å². The maximum atomic E-state index is 2.51. The van der Waals surface area contributed by atoms with Crippen molar-refractivity contribution in [2.75, 3.05) is 0 Å². The van der Waals surface area contributed by atoms with Crippen LogP contribution in [0.25, 0.3) is 5.57 Å². The summed E-state index contributed by atoms with van der Waals surface area (Å²) in [6.45, 7) is 12.2. The highest BCUT2D eigenvalue weighted by atomic mass is 28.3. The Balaban J connectivity index is 2.03. The lowest BCUT2D eigenvalue weighted by Gasteiger charge is -2.41. The van der Waals surface area contributed by atoms with Crippen LogP contribution in [0.3, 0.4) is 0 Å². The van der Waals surface area contributed by atoms with Crippen LogP contribution in [0.4, 0.5) is 0 Å². The van der Waals surface area contributed by atoms with Gasteiger partial charge in [0.15, 0.2) is 0 Å². The predicted molar refractivity (Wildman–Crippen MR) is 104 cm³/mol. The molecule has 119 valence electrons. The molecule has 0 saturated carbocycles. The molecule has 0 bridgehead atoms. The Morgan fingerprint density at radius 1 is 0.783 bits per heavy atom. The fourth-order valence-electron chi connectivity index (χ4n) is 3.21. The van der Waals surface area contributed by atoms with Crippen LogP contribution in [-0.4, -0.2) is 8.07 Å². The predicted octanol–water partition coefficient (Wildman–Crippen LogP) is 6.30. The molecule has 1 radical (unpaired) electrons. The molecular weight excluding hydrogens is 292 g/mol. The molecule has 0 fully saturated rings. The highest BCUT2D eigenvalue weighted by Crippen LogP contribution is 2.50. The Morgan fingerprint density at radius 3 is 1.96 bits per heavy atom. The molecule has 0 nitrogen and oxygen atoms in total. The van der Waals surface area contributed by atoms with E-state index in [0.717, 1.165) is 6.42 Å². The summed E-state index contributed by atoms with van der Waals surface area (Å²) in [5.41, 5.74) is 7.41. The molecule has 1 aliphatic rings. The fourth-order valence-corrected chi connectivity index (χ4v) is 5.45. The third-order valence-electron chi connectivity index (χ3n) is 5.67. The van der Waals surface area contributed by atoms with Gasteiger partial charge in [0, 0.05) is 5.54 Å². The SMILES string of the molecule is CC(C)(C)[Si](C)(C)[C]1C=C(Cc2ccccc2)c2ccccc21. The van der Waals surface area contributed by atoms with Crippen molar-refractivity contribution in [2.45, 2.75) is 45.3 Å². The molecule has 0 amide bonds. The van der Waals surface area contributed by atoms with Crippen molar-refractivity contribution in [1.29, 1.82) is 0 Å². The fraction of sp³-hybridized carbons (Fsp3) is 0.318. The first-order valence-corrected chi connectivity index (χ1v) is 11.5. The van der Waals surface area contributed by atoms with Gasteiger partial charge in [0.2, 0.25) is 0 Å². The molecule has 2 aromatic rings. The van der Waals surface area contributed by atoms with Gasteiger partial charge in [-0.25, -0.2) is 0 Å². The largest absolute Gasteiger partial charge is 0.0716 e. The van der Waals surface area contributed by atoms with Gasteiger partial charge >= 0.3 is 0 Å². The number of rotatable bonds is 3. The van der Waals surface area contributed by atoms with Gasteiger partial charge in [-0.1, -0.05) is 94.5 Å². The molecule has 0 atom stereocenters. The number of hydrogen-bond acceptors (Lipinski definition) is 0. The van der Waals surface area contributed by atoms with Crippen LogP contribution in [0.5, 0.6) is 0 Å². The Labute approximate surface area is 142 Å². The normalized spacial score (nSPS) is 15.4. The summed E-state index contributed by atoms with van der Waals surface area (Å²) >= 11 is 0. The second kappa shape index (κ2) is 5.79. The average molecular weight is 320 g/mol. The molecule has 0 saturated heterocycles. The number of hydrogen-bond donors (Lipinski definition) is 0. The molecule has 2 aromatic carbocycles. The van der Waals surface area contributed by atoms with Crippen molar-refractivity contribution in [3.8, 4) is 0 Å². The van der Waals surface area contributed by atoms with Crippen molar-refractivity contribution in [3.05, 3.63) is 82.9 Å². The van der Waals surface area contributed by atoms with Crippen LogP contribution in [-0.2, 0) is 6.42 Å². The molecule has 1 heteroatoms. The third-order valence-corrected chi connectivity index (χ3v) is 11.2. The van der Waals surface area contributed by atoms with Gasteiger partial charge in [-0.15, -0.1) is 0 Å². The van der Waals surface area contributed by atoms with Crippen LogP contribution < -0.4 is 0 Å². The lowest BCUT2D eigenvalue weighted by atomic mass is 9.99. The minimum Gasteiger partial charge on any atom is -0.0716 e. The summed E-state index contributed by atoms with van der Waals surface area (Å²) in [4.78, 5) is 0. The van der Waals surface area contributed by atoms with E-state index in [2.05, 4.69) is 94.5 Å². The maximum absolute atomic E-state index is 2.51. The van der Waals surface area contributed by atoms with Gasteiger partial charge in [-0.2, -0.15) is 0 Å². The summed E-state index contributed by atoms with van der Waals surface area (Å²) in [6, 6.07) is 19.8. The molecule has 0 heterocycles. The van der Waals surface area contributed by atoms with E-state index in [1.807, 2.05) is 0 Å². The van der Waals surface area contributed by atoms with E-state index < -0.39 is 8.07 Å². The van der Waals surface area contributed by atoms with Gasteiger partial charge in [0.1, 0.15) is 0 Å². The quantitative estimate of drug-likeness (QED) is 0.583. The van der Waals surface area contributed by atoms with Crippen LogP contribution in [0.1, 0.15) is 37.5 Å². The molecule has 1 aliphatic carbocycles. The summed E-state index contributed by atoms with van der Waals surface area (Å²) in [7, 11) is -1.54. The van der Waals surface area contributed by atoms with E-state index in [1.165, 1.54) is 22.3 Å². The van der Waals surface area contributed by atoms with Crippen molar-refractivity contribution in [3.63, 3.8) is 0 Å². The van der Waals surface area contributed by atoms with E-state index in [-0.39, 0.29) is 0 Å². The molecule has 0 spiro atoms. The molecule has 23 heavy (non-hydrogen) atoms. The first-order valence-electron chi connectivity index (χ1n) is 8.52. The van der Waals surface area contributed by atoms with E-state index in [1.54, 1.807) is 5.54 Å². The van der Waals surface area contributed by atoms with Gasteiger partial charge < -0.3 is 0 Å². The standard InChI is InChI=1S/C22H27Si/c1-22(2,3)23(4,5)21-16-18(15-17-11-7-6-8-12-17)19-13-9-10-14-20(19)21/h6-14,16H,15H2,1-5H3. The van der Waals surface area contributed by atoms with Crippen LogP contribution in [0.15, 0.2) is 60.7 Å². The lowest BCUT2D eigenvalue weighted by molar-refractivity contribution is 0.721. The zero-order valence-electron chi connectivity index (χ0n) is 15.0. The van der Waals surface area contributed by atoms with Gasteiger partial charge in [0.05, 0.1) is 8.07 Å². The molecule has 3 rings (SSSR count). The van der Waals surface area contributed by atoms with Gasteiger partial charge in [-0.3, -0.25) is 0 Å². The van der Waals surface area contributed by atoms with Crippen molar-refractivity contribution >= 4 is 13.6 Å². The summed E-state index contributed by atoms with van der Waals surface area (Å²) in [5.74, 6) is 0. The van der Waals surface area contributed by atoms with Crippen LogP contribution in [0, 0.1) is 5.54 Å². The lowest BCUT2D eigenvalue weighted by Crippen LogP contribution is -2.43. The second-order valence-corrected chi connectivity index (χ2v) is 13.5. The molecule has 0 N–H and O–H groups in total. The second-order valence-electron chi connectivity index (χ2n) is 8.17. The van der Waals surface area contributed by atoms with Gasteiger partial charge in [0.25, 0.3) is 0 Å². The van der Waals surface area contributed by atoms with Gasteiger partial charge in [-0.05, 0) is 33.7 Å². The summed E-state index contributed by atoms with van der Waals surface area (Å²) in [5, 5.41) is 0.355. The number of allylic oxidation sites excluding steroid dienone is 2. The Kier molecular flexibility index (Phi) is 4.10. The molecule has 0 aliphatic heterocycles. The third kappa shape index (κ3) is 2.95. The highest BCUT2D eigenvalue weighted by Gasteiger charge is 2.45. The van der Waals surface area contributed by atoms with E-state index in [0.29, 0.717) is 5.04 Å². The first-order chi connectivity index (χ1) is 10.8. The minimum absolute atomic E-state index is 0.355. The Hall–Kier alpha value is -1.60. The zero-order valence-corrected chi connectivity index (χ0v) is 16.0. The zero-order chi connectivity index (χ0) is 16.7. The average Bonchev–Trinajstić information content (AvgIpc) is 2.87. The Morgan fingerprint density at radius 2 is 1.35 bits per heavy atom. The molecular formula is C22H27Si. The summed E-state index contributed by atoms with van der Waals surface area (Å²) in [6.07, 6.45) is 3.53. The number of fused-ring (bicyclic) bond motifs is 1. The highest BCUT2D eigenvalue weighted by molar-refractivity contribution is 6.86. The van der Waals surface area contributed by atoms with Crippen molar-refractivity contribution in [2.24, 2.45) is 0 Å². The topological polar surface area (TPSA) is 0 Å². The maximum Gasteiger partial charge on any atom is 0.0700 e. The first kappa shape index (κ1) is 16.3. The van der Waals surface area contributed by atoms with E-state index >= 15 is 0 Å².